The lowest BCUT2D eigenvalue weighted by atomic mass is 10.1. The van der Waals surface area contributed by atoms with Crippen LogP contribution in [0.25, 0.3) is 0 Å². The highest BCUT2D eigenvalue weighted by atomic mass is 16.4. The van der Waals surface area contributed by atoms with Gasteiger partial charge in [-0.3, -0.25) is 4.79 Å². The van der Waals surface area contributed by atoms with Crippen molar-refractivity contribution in [1.82, 2.24) is 0 Å². The second-order valence-corrected chi connectivity index (χ2v) is 4.99. The van der Waals surface area contributed by atoms with Gasteiger partial charge < -0.3 is 5.11 Å². The number of hydrogen-bond donors (Lipinski definition) is 1. The summed E-state index contributed by atoms with van der Waals surface area (Å²) in [4.78, 5) is 10.3. The molecule has 0 aliphatic heterocycles. The molecular weight excluding hydrogens is 236 g/mol. The number of allylic oxidation sites excluding steroid dienone is 4. The summed E-state index contributed by atoms with van der Waals surface area (Å²) in [6.45, 7) is 2.15. The van der Waals surface area contributed by atoms with Gasteiger partial charge in [-0.1, -0.05) is 63.3 Å². The SMILES string of the molecule is CCC=CCC=CCCCCCCCCCC(=O)O. The molecular formula is C17H30O2. The largest absolute Gasteiger partial charge is 0.481 e. The van der Waals surface area contributed by atoms with Crippen molar-refractivity contribution >= 4 is 5.97 Å². The van der Waals surface area contributed by atoms with Gasteiger partial charge >= 0.3 is 5.97 Å². The molecule has 0 spiro atoms. The molecule has 0 heterocycles. The second-order valence-electron chi connectivity index (χ2n) is 4.99. The lowest BCUT2D eigenvalue weighted by molar-refractivity contribution is -0.137. The van der Waals surface area contributed by atoms with E-state index in [1.165, 1.54) is 38.5 Å². The number of aliphatic carboxylic acids is 1. The van der Waals surface area contributed by atoms with Crippen LogP contribution < -0.4 is 0 Å². The Labute approximate surface area is 118 Å². The molecule has 1 N–H and O–H groups in total. The van der Waals surface area contributed by atoms with E-state index in [1.807, 2.05) is 0 Å². The summed E-state index contributed by atoms with van der Waals surface area (Å²) in [5.74, 6) is -0.666. The molecule has 0 atom stereocenters. The van der Waals surface area contributed by atoms with Crippen LogP contribution in [0.2, 0.25) is 0 Å². The van der Waals surface area contributed by atoms with Crippen molar-refractivity contribution in [2.45, 2.75) is 77.6 Å². The topological polar surface area (TPSA) is 37.3 Å². The summed E-state index contributed by atoms with van der Waals surface area (Å²) in [5.41, 5.74) is 0. The average Bonchev–Trinajstić information content (AvgIpc) is 2.39. The zero-order valence-corrected chi connectivity index (χ0v) is 12.4. The second kappa shape index (κ2) is 15.0. The summed E-state index contributed by atoms with van der Waals surface area (Å²) in [6, 6.07) is 0. The summed E-state index contributed by atoms with van der Waals surface area (Å²) >= 11 is 0. The maximum Gasteiger partial charge on any atom is 0.303 e. The minimum atomic E-state index is -0.666. The molecule has 0 aliphatic carbocycles. The van der Waals surface area contributed by atoms with E-state index in [2.05, 4.69) is 31.2 Å². The third-order valence-electron chi connectivity index (χ3n) is 3.10. The fraction of sp³-hybridized carbons (Fsp3) is 0.706. The van der Waals surface area contributed by atoms with E-state index in [4.69, 9.17) is 5.11 Å². The third kappa shape index (κ3) is 16.9. The Morgan fingerprint density at radius 3 is 2.05 bits per heavy atom. The number of unbranched alkanes of at least 4 members (excludes halogenated alkanes) is 7. The molecule has 0 fully saturated rings. The Morgan fingerprint density at radius 2 is 1.42 bits per heavy atom. The lowest BCUT2D eigenvalue weighted by Crippen LogP contribution is -1.93. The van der Waals surface area contributed by atoms with Crippen LogP contribution in [0.15, 0.2) is 24.3 Å². The third-order valence-corrected chi connectivity index (χ3v) is 3.10. The van der Waals surface area contributed by atoms with E-state index in [0.29, 0.717) is 6.42 Å². The zero-order chi connectivity index (χ0) is 14.2. The van der Waals surface area contributed by atoms with Crippen molar-refractivity contribution in [1.29, 1.82) is 0 Å². The number of hydrogen-bond acceptors (Lipinski definition) is 1. The average molecular weight is 266 g/mol. The zero-order valence-electron chi connectivity index (χ0n) is 12.4. The highest BCUT2D eigenvalue weighted by Gasteiger charge is 1.96. The molecule has 0 unspecified atom stereocenters. The Kier molecular flexibility index (Phi) is 14.2. The fourth-order valence-electron chi connectivity index (χ4n) is 1.98. The molecule has 0 radical (unpaired) electrons. The first-order chi connectivity index (χ1) is 9.27. The van der Waals surface area contributed by atoms with Gasteiger partial charge in [-0.05, 0) is 32.1 Å². The number of rotatable bonds is 13. The highest BCUT2D eigenvalue weighted by Crippen LogP contribution is 2.10. The van der Waals surface area contributed by atoms with Crippen molar-refractivity contribution in [2.24, 2.45) is 0 Å². The molecule has 0 bridgehead atoms. The smallest absolute Gasteiger partial charge is 0.303 e. The van der Waals surface area contributed by atoms with Crippen molar-refractivity contribution in [3.8, 4) is 0 Å². The molecule has 0 amide bonds. The molecule has 0 aliphatic rings. The summed E-state index contributed by atoms with van der Waals surface area (Å²) in [5, 5.41) is 8.49. The Balaban J connectivity index is 3.10. The quantitative estimate of drug-likeness (QED) is 0.353. The van der Waals surface area contributed by atoms with Crippen LogP contribution in [0.5, 0.6) is 0 Å². The molecule has 2 nitrogen and oxygen atoms in total. The van der Waals surface area contributed by atoms with Crippen molar-refractivity contribution in [3.05, 3.63) is 24.3 Å². The maximum absolute atomic E-state index is 10.3. The van der Waals surface area contributed by atoms with Gasteiger partial charge in [-0.25, -0.2) is 0 Å². The normalized spacial score (nSPS) is 11.6. The molecule has 0 rings (SSSR count). The molecule has 0 aromatic carbocycles. The van der Waals surface area contributed by atoms with Crippen LogP contribution in [0.4, 0.5) is 0 Å². The first kappa shape index (κ1) is 17.9. The fourth-order valence-corrected chi connectivity index (χ4v) is 1.98. The van der Waals surface area contributed by atoms with Gasteiger partial charge in [0.1, 0.15) is 0 Å². The number of carbonyl (C=O) groups is 1. The lowest BCUT2D eigenvalue weighted by Gasteiger charge is -2.00. The number of carboxylic acids is 1. The van der Waals surface area contributed by atoms with Gasteiger partial charge in [-0.2, -0.15) is 0 Å². The van der Waals surface area contributed by atoms with Crippen LogP contribution >= 0.6 is 0 Å². The van der Waals surface area contributed by atoms with Crippen LogP contribution in [0.1, 0.15) is 77.6 Å². The Bertz CT molecular complexity index is 254. The van der Waals surface area contributed by atoms with Gasteiger partial charge in [0.15, 0.2) is 0 Å². The van der Waals surface area contributed by atoms with Crippen LogP contribution in [0, 0.1) is 0 Å². The van der Waals surface area contributed by atoms with E-state index in [9.17, 15) is 4.79 Å². The van der Waals surface area contributed by atoms with Gasteiger partial charge in [0.05, 0.1) is 0 Å². The van der Waals surface area contributed by atoms with E-state index >= 15 is 0 Å². The van der Waals surface area contributed by atoms with Crippen molar-refractivity contribution < 1.29 is 9.90 Å². The molecule has 0 saturated carbocycles. The molecule has 110 valence electrons. The van der Waals surface area contributed by atoms with Crippen LogP contribution in [-0.4, -0.2) is 11.1 Å². The number of carboxylic acid groups (broad SMARTS) is 1. The van der Waals surface area contributed by atoms with Crippen molar-refractivity contribution in [3.63, 3.8) is 0 Å². The van der Waals surface area contributed by atoms with Gasteiger partial charge in [0.25, 0.3) is 0 Å². The predicted molar refractivity (Wildman–Crippen MR) is 82.4 cm³/mol. The van der Waals surface area contributed by atoms with Gasteiger partial charge in [-0.15, -0.1) is 0 Å². The molecule has 2 heteroatoms. The molecule has 19 heavy (non-hydrogen) atoms. The van der Waals surface area contributed by atoms with Gasteiger partial charge in [0.2, 0.25) is 0 Å². The minimum Gasteiger partial charge on any atom is -0.481 e. The predicted octanol–water partition coefficient (Wildman–Crippen LogP) is 5.49. The van der Waals surface area contributed by atoms with E-state index in [-0.39, 0.29) is 0 Å². The van der Waals surface area contributed by atoms with E-state index < -0.39 is 5.97 Å². The van der Waals surface area contributed by atoms with Crippen LogP contribution in [0.3, 0.4) is 0 Å². The first-order valence-electron chi connectivity index (χ1n) is 7.79. The monoisotopic (exact) mass is 266 g/mol. The van der Waals surface area contributed by atoms with E-state index in [0.717, 1.165) is 25.7 Å². The minimum absolute atomic E-state index is 0.331. The van der Waals surface area contributed by atoms with Crippen molar-refractivity contribution in [2.75, 3.05) is 0 Å². The summed E-state index contributed by atoms with van der Waals surface area (Å²) in [6.07, 6.45) is 20.9. The molecule has 0 aromatic heterocycles. The Hall–Kier alpha value is -1.05. The maximum atomic E-state index is 10.3. The van der Waals surface area contributed by atoms with E-state index in [1.54, 1.807) is 0 Å². The summed E-state index contributed by atoms with van der Waals surface area (Å²) in [7, 11) is 0. The molecule has 0 aromatic rings. The first-order valence-corrected chi connectivity index (χ1v) is 7.79. The van der Waals surface area contributed by atoms with Gasteiger partial charge in [0, 0.05) is 6.42 Å². The summed E-state index contributed by atoms with van der Waals surface area (Å²) < 4.78 is 0. The van der Waals surface area contributed by atoms with Crippen LogP contribution in [-0.2, 0) is 4.79 Å². The highest BCUT2D eigenvalue weighted by molar-refractivity contribution is 5.66. The molecule has 0 saturated heterocycles. The Morgan fingerprint density at radius 1 is 0.842 bits per heavy atom. The standard InChI is InChI=1S/C17H30O2/c1-2-3-4-5-6-7-8-9-10-11-12-13-14-15-16-17(18)19/h3-4,6-7H,2,5,8-16H2,1H3,(H,18,19).